The number of carbonyl (C=O) groups excluding carboxylic acids is 1. The Bertz CT molecular complexity index is 1300. The molecule has 0 spiro atoms. The average molecular weight is 502 g/mol. The number of hydrogen-bond donors (Lipinski definition) is 1. The molecule has 0 bridgehead atoms. The number of ether oxygens (including phenoxy) is 5. The standard InChI is InChI=1S/C30H31NO6/c32-30(21-27-25-7-3-1-5-22(25)19-23-6-2-4-8-26(23)27)31-24-9-10-28-29(20-24)37-18-16-35-14-12-33-11-13-34-15-17-36-28/h1-10,19-20H,11-18,21H2,(H,31,32). The molecule has 0 unspecified atom stereocenters. The van der Waals surface area contributed by atoms with Gasteiger partial charge in [0.15, 0.2) is 11.5 Å². The van der Waals surface area contributed by atoms with Crippen molar-refractivity contribution in [2.45, 2.75) is 6.42 Å². The number of hydrogen-bond acceptors (Lipinski definition) is 6. The fourth-order valence-electron chi connectivity index (χ4n) is 4.45. The molecular formula is C30H31NO6. The zero-order valence-electron chi connectivity index (χ0n) is 20.7. The van der Waals surface area contributed by atoms with E-state index in [9.17, 15) is 4.79 Å². The fourth-order valence-corrected chi connectivity index (χ4v) is 4.45. The highest BCUT2D eigenvalue weighted by Gasteiger charge is 2.14. The predicted octanol–water partition coefficient (Wildman–Crippen LogP) is 5.00. The first-order valence-corrected chi connectivity index (χ1v) is 12.6. The van der Waals surface area contributed by atoms with E-state index in [4.69, 9.17) is 23.7 Å². The summed E-state index contributed by atoms with van der Waals surface area (Å²) in [5.74, 6) is 1.03. The topological polar surface area (TPSA) is 75.3 Å². The number of amides is 1. The minimum Gasteiger partial charge on any atom is -0.487 e. The molecule has 0 fully saturated rings. The van der Waals surface area contributed by atoms with Crippen LogP contribution in [0.5, 0.6) is 11.5 Å². The van der Waals surface area contributed by atoms with Crippen LogP contribution in [0.15, 0.2) is 72.8 Å². The Morgan fingerprint density at radius 2 is 1.16 bits per heavy atom. The van der Waals surface area contributed by atoms with E-state index in [0.717, 1.165) is 27.1 Å². The lowest BCUT2D eigenvalue weighted by Gasteiger charge is -2.15. The second kappa shape index (κ2) is 12.5. The Kier molecular flexibility index (Phi) is 8.48. The Balaban J connectivity index is 1.33. The maximum atomic E-state index is 13.2. The van der Waals surface area contributed by atoms with Crippen LogP contribution < -0.4 is 14.8 Å². The van der Waals surface area contributed by atoms with Crippen LogP contribution in [0, 0.1) is 0 Å². The molecule has 7 nitrogen and oxygen atoms in total. The summed E-state index contributed by atoms with van der Waals surface area (Å²) in [5, 5.41) is 7.44. The molecular weight excluding hydrogens is 470 g/mol. The fraction of sp³-hybridized carbons (Fsp3) is 0.300. The summed E-state index contributed by atoms with van der Waals surface area (Å²) in [6.45, 7) is 3.63. The Labute approximate surface area is 216 Å². The highest BCUT2D eigenvalue weighted by molar-refractivity contribution is 6.06. The molecule has 1 aliphatic rings. The van der Waals surface area contributed by atoms with E-state index in [2.05, 4.69) is 35.6 Å². The molecule has 0 aliphatic carbocycles. The minimum absolute atomic E-state index is 0.101. The molecule has 1 aliphatic heterocycles. The van der Waals surface area contributed by atoms with Crippen LogP contribution in [0.1, 0.15) is 5.56 Å². The molecule has 4 aromatic rings. The third-order valence-electron chi connectivity index (χ3n) is 6.16. The van der Waals surface area contributed by atoms with Crippen molar-refractivity contribution >= 4 is 33.1 Å². The van der Waals surface area contributed by atoms with Gasteiger partial charge in [0, 0.05) is 11.8 Å². The van der Waals surface area contributed by atoms with E-state index in [1.54, 1.807) is 12.1 Å². The lowest BCUT2D eigenvalue weighted by Crippen LogP contribution is -2.15. The normalized spacial score (nSPS) is 15.6. The van der Waals surface area contributed by atoms with Crippen molar-refractivity contribution in [2.75, 3.05) is 58.2 Å². The van der Waals surface area contributed by atoms with Crippen LogP contribution in [-0.4, -0.2) is 58.8 Å². The lowest BCUT2D eigenvalue weighted by atomic mass is 9.94. The van der Waals surface area contributed by atoms with Gasteiger partial charge in [0.25, 0.3) is 0 Å². The molecule has 1 amide bonds. The third-order valence-corrected chi connectivity index (χ3v) is 6.16. The van der Waals surface area contributed by atoms with Gasteiger partial charge >= 0.3 is 0 Å². The maximum Gasteiger partial charge on any atom is 0.228 e. The molecule has 0 saturated carbocycles. The number of rotatable bonds is 3. The number of carbonyl (C=O) groups is 1. The van der Waals surface area contributed by atoms with Crippen LogP contribution in [-0.2, 0) is 25.4 Å². The van der Waals surface area contributed by atoms with E-state index >= 15 is 0 Å². The summed E-state index contributed by atoms with van der Waals surface area (Å²) in [6.07, 6.45) is 0.254. The van der Waals surface area contributed by atoms with Crippen LogP contribution in [0.2, 0.25) is 0 Å². The van der Waals surface area contributed by atoms with Crippen LogP contribution in [0.3, 0.4) is 0 Å². The van der Waals surface area contributed by atoms with Gasteiger partial charge < -0.3 is 29.0 Å². The van der Waals surface area contributed by atoms with Gasteiger partial charge in [-0.25, -0.2) is 0 Å². The molecule has 0 aromatic heterocycles. The Hall–Kier alpha value is -3.65. The smallest absolute Gasteiger partial charge is 0.228 e. The monoisotopic (exact) mass is 501 g/mol. The van der Waals surface area contributed by atoms with E-state index in [0.29, 0.717) is 70.0 Å². The second-order valence-corrected chi connectivity index (χ2v) is 8.72. The van der Waals surface area contributed by atoms with Crippen LogP contribution in [0.25, 0.3) is 21.5 Å². The molecule has 0 saturated heterocycles. The Morgan fingerprint density at radius 3 is 1.78 bits per heavy atom. The molecule has 0 atom stereocenters. The highest BCUT2D eigenvalue weighted by Crippen LogP contribution is 2.32. The van der Waals surface area contributed by atoms with Gasteiger partial charge in [0.05, 0.1) is 46.1 Å². The van der Waals surface area contributed by atoms with Crippen molar-refractivity contribution < 1.29 is 28.5 Å². The first kappa shape index (κ1) is 25.0. The summed E-state index contributed by atoms with van der Waals surface area (Å²) in [5.41, 5.74) is 1.65. The lowest BCUT2D eigenvalue weighted by molar-refractivity contribution is -0.115. The van der Waals surface area contributed by atoms with Crippen LogP contribution >= 0.6 is 0 Å². The van der Waals surface area contributed by atoms with Crippen molar-refractivity contribution in [3.8, 4) is 11.5 Å². The van der Waals surface area contributed by atoms with Gasteiger partial charge in [-0.2, -0.15) is 0 Å². The van der Waals surface area contributed by atoms with Crippen molar-refractivity contribution in [1.29, 1.82) is 0 Å². The zero-order chi connectivity index (χ0) is 25.3. The Morgan fingerprint density at radius 1 is 0.622 bits per heavy atom. The first-order valence-electron chi connectivity index (χ1n) is 12.6. The van der Waals surface area contributed by atoms with Crippen LogP contribution in [0.4, 0.5) is 5.69 Å². The van der Waals surface area contributed by atoms with Crippen molar-refractivity contribution in [3.05, 3.63) is 78.4 Å². The summed E-state index contributed by atoms with van der Waals surface area (Å²) in [6, 6.07) is 23.9. The molecule has 192 valence electrons. The number of fused-ring (bicyclic) bond motifs is 3. The minimum atomic E-state index is -0.101. The summed E-state index contributed by atoms with van der Waals surface area (Å²) >= 11 is 0. The highest BCUT2D eigenvalue weighted by atomic mass is 16.6. The predicted molar refractivity (Wildman–Crippen MR) is 144 cm³/mol. The first-order chi connectivity index (χ1) is 18.3. The van der Waals surface area contributed by atoms with E-state index < -0.39 is 0 Å². The second-order valence-electron chi connectivity index (χ2n) is 8.72. The number of nitrogens with one attached hydrogen (secondary N) is 1. The number of benzene rings is 4. The molecule has 1 N–H and O–H groups in total. The van der Waals surface area contributed by atoms with Gasteiger partial charge in [-0.1, -0.05) is 48.5 Å². The summed E-state index contributed by atoms with van der Waals surface area (Å²) < 4.78 is 28.3. The molecule has 37 heavy (non-hydrogen) atoms. The van der Waals surface area contributed by atoms with E-state index in [-0.39, 0.29) is 12.3 Å². The zero-order valence-corrected chi connectivity index (χ0v) is 20.7. The van der Waals surface area contributed by atoms with Gasteiger partial charge in [-0.3, -0.25) is 4.79 Å². The van der Waals surface area contributed by atoms with Crippen molar-refractivity contribution in [1.82, 2.24) is 0 Å². The van der Waals surface area contributed by atoms with Gasteiger partial charge in [0.2, 0.25) is 5.91 Å². The summed E-state index contributed by atoms with van der Waals surface area (Å²) in [7, 11) is 0. The maximum absolute atomic E-state index is 13.2. The van der Waals surface area contributed by atoms with E-state index in [1.165, 1.54) is 0 Å². The largest absolute Gasteiger partial charge is 0.487 e. The molecule has 0 radical (unpaired) electrons. The number of anilines is 1. The van der Waals surface area contributed by atoms with Gasteiger partial charge in [-0.05, 0) is 45.3 Å². The molecule has 7 heteroatoms. The van der Waals surface area contributed by atoms with Crippen molar-refractivity contribution in [3.63, 3.8) is 0 Å². The summed E-state index contributed by atoms with van der Waals surface area (Å²) in [4.78, 5) is 13.2. The third kappa shape index (κ3) is 6.57. The van der Waals surface area contributed by atoms with Gasteiger partial charge in [-0.15, -0.1) is 0 Å². The SMILES string of the molecule is O=C(Cc1c2ccccc2cc2ccccc12)Nc1ccc2c(c1)OCCOCCOCCOCCO2. The molecule has 4 aromatic carbocycles. The van der Waals surface area contributed by atoms with Crippen molar-refractivity contribution in [2.24, 2.45) is 0 Å². The van der Waals surface area contributed by atoms with Gasteiger partial charge in [0.1, 0.15) is 13.2 Å². The quantitative estimate of drug-likeness (QED) is 0.399. The average Bonchev–Trinajstić information content (AvgIpc) is 2.92. The molecule has 5 rings (SSSR count). The van der Waals surface area contributed by atoms with E-state index in [1.807, 2.05) is 30.3 Å². The molecule has 1 heterocycles.